The van der Waals surface area contributed by atoms with Crippen LogP contribution in [0.5, 0.6) is 5.75 Å². The van der Waals surface area contributed by atoms with E-state index < -0.39 is 0 Å². The molecule has 0 heterocycles. The van der Waals surface area contributed by atoms with Crippen molar-refractivity contribution in [2.75, 3.05) is 45.1 Å². The molecule has 4 nitrogen and oxygen atoms in total. The standard InChI is InChI=1S/C18H33N3O/c1-4-14-22-18-9-8-16(15-17(18)19)10-12-20-11-7-13-21(5-2)6-3/h8-9,15,20H,4-7,10-14,19H2,1-3H3. The van der Waals surface area contributed by atoms with Gasteiger partial charge in [-0.05, 0) is 69.7 Å². The highest BCUT2D eigenvalue weighted by atomic mass is 16.5. The zero-order valence-electron chi connectivity index (χ0n) is 14.5. The molecule has 0 atom stereocenters. The molecule has 0 fully saturated rings. The molecule has 0 spiro atoms. The van der Waals surface area contributed by atoms with Crippen LogP contribution >= 0.6 is 0 Å². The van der Waals surface area contributed by atoms with Gasteiger partial charge in [-0.1, -0.05) is 26.8 Å². The number of rotatable bonds is 12. The number of hydrogen-bond donors (Lipinski definition) is 2. The van der Waals surface area contributed by atoms with Gasteiger partial charge in [0.1, 0.15) is 5.75 Å². The van der Waals surface area contributed by atoms with Crippen LogP contribution in [-0.2, 0) is 6.42 Å². The first-order chi connectivity index (χ1) is 10.7. The van der Waals surface area contributed by atoms with Gasteiger partial charge in [-0.25, -0.2) is 0 Å². The van der Waals surface area contributed by atoms with Crippen molar-refractivity contribution in [3.8, 4) is 5.75 Å². The maximum atomic E-state index is 6.03. The third kappa shape index (κ3) is 7.14. The first-order valence-corrected chi connectivity index (χ1v) is 8.65. The number of nitrogens with zero attached hydrogens (tertiary/aromatic N) is 1. The van der Waals surface area contributed by atoms with Crippen molar-refractivity contribution in [2.45, 2.75) is 40.0 Å². The van der Waals surface area contributed by atoms with E-state index in [0.29, 0.717) is 0 Å². The normalized spacial score (nSPS) is 11.1. The molecule has 0 aromatic heterocycles. The van der Waals surface area contributed by atoms with Crippen molar-refractivity contribution in [1.82, 2.24) is 10.2 Å². The van der Waals surface area contributed by atoms with Crippen LogP contribution in [0.3, 0.4) is 0 Å². The molecule has 1 aromatic rings. The molecular weight excluding hydrogens is 274 g/mol. The number of ether oxygens (including phenoxy) is 1. The SMILES string of the molecule is CCCOc1ccc(CCNCCCN(CC)CC)cc1N. The number of benzene rings is 1. The third-order valence-corrected chi connectivity index (χ3v) is 3.85. The van der Waals surface area contributed by atoms with Crippen molar-refractivity contribution in [3.05, 3.63) is 23.8 Å². The summed E-state index contributed by atoms with van der Waals surface area (Å²) in [6, 6.07) is 6.13. The van der Waals surface area contributed by atoms with Gasteiger partial charge in [0.2, 0.25) is 0 Å². The lowest BCUT2D eigenvalue weighted by Crippen LogP contribution is -2.27. The molecule has 1 rings (SSSR count). The van der Waals surface area contributed by atoms with Crippen LogP contribution in [0.1, 0.15) is 39.2 Å². The summed E-state index contributed by atoms with van der Waals surface area (Å²) in [5.41, 5.74) is 8.03. The monoisotopic (exact) mass is 307 g/mol. The molecule has 0 saturated carbocycles. The summed E-state index contributed by atoms with van der Waals surface area (Å²) in [4.78, 5) is 2.46. The average Bonchev–Trinajstić information content (AvgIpc) is 2.53. The van der Waals surface area contributed by atoms with Crippen LogP contribution in [0.4, 0.5) is 5.69 Å². The Kier molecular flexibility index (Phi) is 9.67. The molecule has 22 heavy (non-hydrogen) atoms. The number of nitrogens with two attached hydrogens (primary N) is 1. The fourth-order valence-electron chi connectivity index (χ4n) is 2.42. The predicted octanol–water partition coefficient (Wildman–Crippen LogP) is 2.92. The van der Waals surface area contributed by atoms with Crippen LogP contribution in [-0.4, -0.2) is 44.2 Å². The molecule has 0 aliphatic heterocycles. The van der Waals surface area contributed by atoms with Gasteiger partial charge in [-0.3, -0.25) is 0 Å². The molecule has 4 heteroatoms. The molecule has 0 bridgehead atoms. The second-order valence-corrected chi connectivity index (χ2v) is 5.60. The van der Waals surface area contributed by atoms with E-state index in [1.165, 1.54) is 18.5 Å². The fraction of sp³-hybridized carbons (Fsp3) is 0.667. The summed E-state index contributed by atoms with van der Waals surface area (Å²) < 4.78 is 5.60. The molecule has 0 unspecified atom stereocenters. The molecule has 0 amide bonds. The lowest BCUT2D eigenvalue weighted by atomic mass is 10.1. The Labute approximate surface area is 136 Å². The van der Waals surface area contributed by atoms with E-state index in [1.807, 2.05) is 12.1 Å². The van der Waals surface area contributed by atoms with Gasteiger partial charge in [0.15, 0.2) is 0 Å². The van der Waals surface area contributed by atoms with Crippen LogP contribution in [0.25, 0.3) is 0 Å². The van der Waals surface area contributed by atoms with Gasteiger partial charge < -0.3 is 20.7 Å². The van der Waals surface area contributed by atoms with Gasteiger partial charge in [-0.15, -0.1) is 0 Å². The summed E-state index contributed by atoms with van der Waals surface area (Å²) in [5.74, 6) is 0.804. The van der Waals surface area contributed by atoms with Crippen molar-refractivity contribution in [1.29, 1.82) is 0 Å². The summed E-state index contributed by atoms with van der Waals surface area (Å²) >= 11 is 0. The fourth-order valence-corrected chi connectivity index (χ4v) is 2.42. The van der Waals surface area contributed by atoms with Gasteiger partial charge in [-0.2, -0.15) is 0 Å². The minimum absolute atomic E-state index is 0.720. The van der Waals surface area contributed by atoms with E-state index in [9.17, 15) is 0 Å². The quantitative estimate of drug-likeness (QED) is 0.460. The smallest absolute Gasteiger partial charge is 0.142 e. The second kappa shape index (κ2) is 11.3. The number of hydrogen-bond acceptors (Lipinski definition) is 4. The molecule has 1 aromatic carbocycles. The first kappa shape index (κ1) is 18.8. The number of nitrogens with one attached hydrogen (secondary N) is 1. The van der Waals surface area contributed by atoms with E-state index in [4.69, 9.17) is 10.5 Å². The maximum absolute atomic E-state index is 6.03. The Morgan fingerprint density at radius 2 is 1.91 bits per heavy atom. The van der Waals surface area contributed by atoms with Crippen molar-refractivity contribution >= 4 is 5.69 Å². The highest BCUT2D eigenvalue weighted by Gasteiger charge is 2.02. The first-order valence-electron chi connectivity index (χ1n) is 8.65. The molecule has 126 valence electrons. The van der Waals surface area contributed by atoms with Gasteiger partial charge in [0.05, 0.1) is 12.3 Å². The van der Waals surface area contributed by atoms with Crippen LogP contribution in [0, 0.1) is 0 Å². The summed E-state index contributed by atoms with van der Waals surface area (Å²) in [6.45, 7) is 12.8. The molecule has 0 radical (unpaired) electrons. The molecule has 0 aliphatic rings. The molecule has 0 aliphatic carbocycles. The Morgan fingerprint density at radius 1 is 1.14 bits per heavy atom. The Hall–Kier alpha value is -1.26. The zero-order chi connectivity index (χ0) is 16.2. The highest BCUT2D eigenvalue weighted by molar-refractivity contribution is 5.54. The van der Waals surface area contributed by atoms with E-state index in [2.05, 4.69) is 37.1 Å². The topological polar surface area (TPSA) is 50.5 Å². The van der Waals surface area contributed by atoms with Crippen LogP contribution in [0.15, 0.2) is 18.2 Å². The van der Waals surface area contributed by atoms with Crippen molar-refractivity contribution < 1.29 is 4.74 Å². The largest absolute Gasteiger partial charge is 0.491 e. The number of anilines is 1. The minimum Gasteiger partial charge on any atom is -0.491 e. The van der Waals surface area contributed by atoms with Crippen molar-refractivity contribution in [3.63, 3.8) is 0 Å². The summed E-state index contributed by atoms with van der Waals surface area (Å²) in [7, 11) is 0. The lowest BCUT2D eigenvalue weighted by molar-refractivity contribution is 0.298. The third-order valence-electron chi connectivity index (χ3n) is 3.85. The average molecular weight is 307 g/mol. The lowest BCUT2D eigenvalue weighted by Gasteiger charge is -2.17. The van der Waals surface area contributed by atoms with E-state index in [-0.39, 0.29) is 0 Å². The Bertz CT molecular complexity index is 405. The maximum Gasteiger partial charge on any atom is 0.142 e. The molecule has 3 N–H and O–H groups in total. The van der Waals surface area contributed by atoms with Crippen LogP contribution < -0.4 is 15.8 Å². The molecular formula is C18H33N3O. The zero-order valence-corrected chi connectivity index (χ0v) is 14.5. The van der Waals surface area contributed by atoms with Crippen LogP contribution in [0.2, 0.25) is 0 Å². The second-order valence-electron chi connectivity index (χ2n) is 5.60. The summed E-state index contributed by atoms with van der Waals surface area (Å²) in [6.07, 6.45) is 3.20. The van der Waals surface area contributed by atoms with E-state index in [0.717, 1.165) is 57.1 Å². The van der Waals surface area contributed by atoms with Crippen molar-refractivity contribution in [2.24, 2.45) is 0 Å². The minimum atomic E-state index is 0.720. The van der Waals surface area contributed by atoms with Gasteiger partial charge >= 0.3 is 0 Å². The highest BCUT2D eigenvalue weighted by Crippen LogP contribution is 2.22. The Morgan fingerprint density at radius 3 is 2.55 bits per heavy atom. The Balaban J connectivity index is 2.21. The molecule has 0 saturated heterocycles. The van der Waals surface area contributed by atoms with E-state index >= 15 is 0 Å². The van der Waals surface area contributed by atoms with Gasteiger partial charge in [0, 0.05) is 0 Å². The number of nitrogen functional groups attached to an aromatic ring is 1. The van der Waals surface area contributed by atoms with Gasteiger partial charge in [0.25, 0.3) is 0 Å². The van der Waals surface area contributed by atoms with E-state index in [1.54, 1.807) is 0 Å². The summed E-state index contributed by atoms with van der Waals surface area (Å²) in [5, 5.41) is 3.51. The predicted molar refractivity (Wildman–Crippen MR) is 95.6 cm³/mol.